The SMILES string of the molecule is c1ccc(-c2cc3c4c(c2)-n2c5ccccc5c5c(-n6c7ccccc7c7ccccc76)ccc(c52)B4c2c4ccccc4cc4c(-c5ccccc5)c(-c5ccccc5)n-3c24)cc1. The monoisotopic (exact) mass is 809 g/mol. The standard InChI is InChI=1S/C60H36BN3/c1-4-18-37(19-5-1)41-35-52-57-53(36-41)64-58(39-22-8-3-9-23-39)54(38-20-6-2-7-21-38)46-34-40-24-10-11-25-42(40)56(59(46)64)61(57)47-32-33-51(55-45-28-14-17-31-50(45)63(52)60(47)55)62-48-29-15-12-26-43(48)44-27-13-16-30-49(44)62/h1-36H. The van der Waals surface area contributed by atoms with Crippen LogP contribution in [0.4, 0.5) is 0 Å². The maximum atomic E-state index is 2.65. The molecule has 0 spiro atoms. The van der Waals surface area contributed by atoms with Crippen molar-refractivity contribution >= 4 is 88.4 Å². The van der Waals surface area contributed by atoms with E-state index in [0.29, 0.717) is 0 Å². The van der Waals surface area contributed by atoms with Crippen LogP contribution >= 0.6 is 0 Å². The molecule has 5 heterocycles. The fourth-order valence-corrected chi connectivity index (χ4v) is 11.9. The van der Waals surface area contributed by atoms with Crippen LogP contribution < -0.4 is 16.4 Å². The smallest absolute Gasteiger partial charge is 0.253 e. The van der Waals surface area contributed by atoms with E-state index in [1.807, 2.05) is 0 Å². The Morgan fingerprint density at radius 3 is 1.52 bits per heavy atom. The fourth-order valence-electron chi connectivity index (χ4n) is 11.9. The van der Waals surface area contributed by atoms with E-state index in [4.69, 9.17) is 0 Å². The van der Waals surface area contributed by atoms with E-state index in [1.54, 1.807) is 0 Å². The van der Waals surface area contributed by atoms with E-state index in [1.165, 1.54) is 132 Å². The molecule has 0 bridgehead atoms. The Morgan fingerprint density at radius 1 is 0.312 bits per heavy atom. The number of nitrogens with zero attached hydrogens (tertiary/aromatic N) is 3. The van der Waals surface area contributed by atoms with Crippen molar-refractivity contribution in [1.82, 2.24) is 13.7 Å². The zero-order chi connectivity index (χ0) is 41.6. The highest BCUT2D eigenvalue weighted by molar-refractivity contribution is 7.01. The zero-order valence-electron chi connectivity index (χ0n) is 34.7. The van der Waals surface area contributed by atoms with Gasteiger partial charge in [-0.15, -0.1) is 0 Å². The van der Waals surface area contributed by atoms with Crippen LogP contribution in [0, 0.1) is 0 Å². The van der Waals surface area contributed by atoms with Gasteiger partial charge in [0.15, 0.2) is 0 Å². The molecule has 0 N–H and O–H groups in total. The van der Waals surface area contributed by atoms with Crippen LogP contribution in [-0.2, 0) is 0 Å². The highest BCUT2D eigenvalue weighted by atomic mass is 15.1. The second kappa shape index (κ2) is 12.6. The molecule has 0 unspecified atom stereocenters. The van der Waals surface area contributed by atoms with E-state index >= 15 is 0 Å². The maximum absolute atomic E-state index is 2.65. The van der Waals surface area contributed by atoms with Gasteiger partial charge in [0.2, 0.25) is 0 Å². The van der Waals surface area contributed by atoms with Crippen LogP contribution in [-0.4, -0.2) is 20.4 Å². The van der Waals surface area contributed by atoms with Gasteiger partial charge in [0.25, 0.3) is 6.71 Å². The van der Waals surface area contributed by atoms with Crippen molar-refractivity contribution < 1.29 is 0 Å². The molecule has 10 aromatic carbocycles. The molecule has 0 saturated carbocycles. The summed E-state index contributed by atoms with van der Waals surface area (Å²) in [4.78, 5) is 0. The molecule has 0 fully saturated rings. The third-order valence-corrected chi connectivity index (χ3v) is 14.4. The Balaban J connectivity index is 1.18. The van der Waals surface area contributed by atoms with Crippen LogP contribution in [0.5, 0.6) is 0 Å². The van der Waals surface area contributed by atoms with E-state index in [-0.39, 0.29) is 6.71 Å². The molecule has 15 rings (SSSR count). The number of para-hydroxylation sites is 3. The van der Waals surface area contributed by atoms with Gasteiger partial charge in [0, 0.05) is 43.9 Å². The molecule has 3 nitrogen and oxygen atoms in total. The normalized spacial score (nSPS) is 12.7. The van der Waals surface area contributed by atoms with Crippen LogP contribution in [0.3, 0.4) is 0 Å². The molecule has 0 atom stereocenters. The lowest BCUT2D eigenvalue weighted by Crippen LogP contribution is -2.59. The van der Waals surface area contributed by atoms with Gasteiger partial charge < -0.3 is 13.7 Å². The minimum Gasteiger partial charge on any atom is -0.310 e. The summed E-state index contributed by atoms with van der Waals surface area (Å²) >= 11 is 0. The number of fused-ring (bicyclic) bond motifs is 12. The van der Waals surface area contributed by atoms with E-state index in [0.717, 1.165) is 0 Å². The van der Waals surface area contributed by atoms with Crippen molar-refractivity contribution in [3.05, 3.63) is 218 Å². The number of rotatable bonds is 4. The largest absolute Gasteiger partial charge is 0.310 e. The first-order valence-electron chi connectivity index (χ1n) is 22.3. The first-order chi connectivity index (χ1) is 31.8. The third-order valence-electron chi connectivity index (χ3n) is 14.4. The van der Waals surface area contributed by atoms with Gasteiger partial charge in [0.05, 0.1) is 39.0 Å². The molecule has 4 heteroatoms. The molecule has 294 valence electrons. The minimum atomic E-state index is -0.0374. The third kappa shape index (κ3) is 4.36. The van der Waals surface area contributed by atoms with Crippen molar-refractivity contribution in [1.29, 1.82) is 0 Å². The number of hydrogen-bond donors (Lipinski definition) is 0. The molecule has 2 aliphatic rings. The Labute approximate surface area is 369 Å². The lowest BCUT2D eigenvalue weighted by Gasteiger charge is -2.35. The number of aromatic nitrogens is 3. The van der Waals surface area contributed by atoms with Crippen molar-refractivity contribution in [2.45, 2.75) is 0 Å². The second-order valence-corrected chi connectivity index (χ2v) is 17.5. The number of hydrogen-bond acceptors (Lipinski definition) is 0. The van der Waals surface area contributed by atoms with E-state index in [2.05, 4.69) is 232 Å². The van der Waals surface area contributed by atoms with E-state index in [9.17, 15) is 0 Å². The van der Waals surface area contributed by atoms with Gasteiger partial charge in [-0.25, -0.2) is 0 Å². The Hall–Kier alpha value is -8.34. The first kappa shape index (κ1) is 34.3. The summed E-state index contributed by atoms with van der Waals surface area (Å²) in [6.45, 7) is -0.0374. The summed E-state index contributed by atoms with van der Waals surface area (Å²) < 4.78 is 7.79. The summed E-state index contributed by atoms with van der Waals surface area (Å²) in [6.07, 6.45) is 0. The molecule has 0 aliphatic carbocycles. The molecular formula is C60H36BN3. The summed E-state index contributed by atoms with van der Waals surface area (Å²) in [5.41, 5.74) is 21.3. The van der Waals surface area contributed by atoms with Crippen molar-refractivity contribution in [3.63, 3.8) is 0 Å². The lowest BCUT2D eigenvalue weighted by atomic mass is 9.33. The Kier molecular flexibility index (Phi) is 6.76. The maximum Gasteiger partial charge on any atom is 0.253 e. The van der Waals surface area contributed by atoms with Crippen LogP contribution in [0.1, 0.15) is 0 Å². The predicted molar refractivity (Wildman–Crippen MR) is 270 cm³/mol. The molecule has 13 aromatic rings. The lowest BCUT2D eigenvalue weighted by molar-refractivity contribution is 1.12. The van der Waals surface area contributed by atoms with Gasteiger partial charge in [-0.1, -0.05) is 176 Å². The summed E-state index contributed by atoms with van der Waals surface area (Å²) in [6, 6.07) is 81.4. The van der Waals surface area contributed by atoms with Gasteiger partial charge >= 0.3 is 0 Å². The Bertz CT molecular complexity index is 4060. The average Bonchev–Trinajstić information content (AvgIpc) is 4.02. The topological polar surface area (TPSA) is 14.8 Å². The molecule has 2 aliphatic heterocycles. The van der Waals surface area contributed by atoms with Crippen molar-refractivity contribution in [2.24, 2.45) is 0 Å². The molecular weight excluding hydrogens is 773 g/mol. The highest BCUT2D eigenvalue weighted by Crippen LogP contribution is 2.48. The highest BCUT2D eigenvalue weighted by Gasteiger charge is 2.43. The molecule has 0 amide bonds. The summed E-state index contributed by atoms with van der Waals surface area (Å²) in [7, 11) is 0. The van der Waals surface area contributed by atoms with Crippen LogP contribution in [0.15, 0.2) is 218 Å². The molecule has 64 heavy (non-hydrogen) atoms. The molecule has 0 saturated heterocycles. The van der Waals surface area contributed by atoms with Crippen LogP contribution in [0.25, 0.3) is 116 Å². The molecule has 0 radical (unpaired) electrons. The molecule has 3 aromatic heterocycles. The predicted octanol–water partition coefficient (Wildman–Crippen LogP) is 13.1. The summed E-state index contributed by atoms with van der Waals surface area (Å²) in [5, 5.41) is 8.91. The van der Waals surface area contributed by atoms with Crippen molar-refractivity contribution in [2.75, 3.05) is 0 Å². The van der Waals surface area contributed by atoms with Crippen LogP contribution in [0.2, 0.25) is 0 Å². The fraction of sp³-hybridized carbons (Fsp3) is 0. The minimum absolute atomic E-state index is 0.0374. The number of benzene rings is 10. The average molecular weight is 810 g/mol. The van der Waals surface area contributed by atoms with Gasteiger partial charge in [-0.2, -0.15) is 0 Å². The van der Waals surface area contributed by atoms with Gasteiger partial charge in [0.1, 0.15) is 0 Å². The zero-order valence-corrected chi connectivity index (χ0v) is 34.7. The summed E-state index contributed by atoms with van der Waals surface area (Å²) in [5.74, 6) is 0. The first-order valence-corrected chi connectivity index (χ1v) is 22.3. The quantitative estimate of drug-likeness (QED) is 0.157. The second-order valence-electron chi connectivity index (χ2n) is 17.5. The van der Waals surface area contributed by atoms with Gasteiger partial charge in [-0.3, -0.25) is 0 Å². The van der Waals surface area contributed by atoms with Gasteiger partial charge in [-0.05, 0) is 91.9 Å². The van der Waals surface area contributed by atoms with E-state index < -0.39 is 0 Å². The van der Waals surface area contributed by atoms with Crippen molar-refractivity contribution in [3.8, 4) is 50.6 Å². The Morgan fingerprint density at radius 2 is 0.844 bits per heavy atom.